The van der Waals surface area contributed by atoms with Gasteiger partial charge in [0.1, 0.15) is 11.8 Å². The van der Waals surface area contributed by atoms with E-state index >= 15 is 0 Å². The van der Waals surface area contributed by atoms with E-state index < -0.39 is 4.92 Å². The van der Waals surface area contributed by atoms with Crippen molar-refractivity contribution in [1.82, 2.24) is 10.3 Å². The largest absolute Gasteiger partial charge is 0.466 e. The molecule has 1 aliphatic rings. The van der Waals surface area contributed by atoms with Crippen LogP contribution in [-0.4, -0.2) is 29.0 Å². The van der Waals surface area contributed by atoms with Crippen molar-refractivity contribution in [2.45, 2.75) is 32.2 Å². The minimum atomic E-state index is -0.528. The molecule has 1 aromatic heterocycles. The van der Waals surface area contributed by atoms with Gasteiger partial charge in [-0.05, 0) is 32.2 Å². The van der Waals surface area contributed by atoms with Gasteiger partial charge in [-0.2, -0.15) is 5.26 Å². The lowest BCUT2D eigenvalue weighted by atomic mass is 9.88. The molecule has 0 radical (unpaired) electrons. The molecule has 1 N–H and O–H groups in total. The van der Waals surface area contributed by atoms with E-state index in [1.807, 2.05) is 6.07 Å². The smallest absolute Gasteiger partial charge is 0.306 e. The molecule has 2 unspecified atom stereocenters. The second kappa shape index (κ2) is 7.65. The number of hydrogen-bond donors (Lipinski definition) is 1. The highest BCUT2D eigenvalue weighted by Gasteiger charge is 2.30. The fourth-order valence-electron chi connectivity index (χ4n) is 2.79. The van der Waals surface area contributed by atoms with Crippen LogP contribution in [0.15, 0.2) is 12.3 Å². The third-order valence-electron chi connectivity index (χ3n) is 3.83. The average molecular weight is 318 g/mol. The van der Waals surface area contributed by atoms with Crippen molar-refractivity contribution < 1.29 is 14.5 Å². The molecular weight excluding hydrogens is 300 g/mol. The van der Waals surface area contributed by atoms with Gasteiger partial charge in [-0.3, -0.25) is 19.9 Å². The van der Waals surface area contributed by atoms with E-state index in [9.17, 15) is 14.9 Å². The third-order valence-corrected chi connectivity index (χ3v) is 3.83. The number of nitrogens with one attached hydrogen (secondary N) is 1. The zero-order chi connectivity index (χ0) is 16.8. The second-order valence-electron chi connectivity index (χ2n) is 5.40. The molecule has 1 saturated heterocycles. The van der Waals surface area contributed by atoms with Crippen LogP contribution in [0.2, 0.25) is 0 Å². The molecular formula is C15H18N4O4. The molecule has 1 aliphatic heterocycles. The number of pyridine rings is 1. The first-order valence-corrected chi connectivity index (χ1v) is 7.48. The number of esters is 1. The van der Waals surface area contributed by atoms with Crippen LogP contribution >= 0.6 is 0 Å². The molecule has 8 nitrogen and oxygen atoms in total. The molecule has 0 bridgehead atoms. The summed E-state index contributed by atoms with van der Waals surface area (Å²) in [5.41, 5.74) is 0.292. The highest BCUT2D eigenvalue weighted by molar-refractivity contribution is 5.69. The molecule has 2 atom stereocenters. The predicted molar refractivity (Wildman–Crippen MR) is 80.3 cm³/mol. The quantitative estimate of drug-likeness (QED) is 0.500. The van der Waals surface area contributed by atoms with Crippen molar-refractivity contribution in [2.75, 3.05) is 13.2 Å². The number of carbonyl (C=O) groups is 1. The van der Waals surface area contributed by atoms with Gasteiger partial charge in [0.25, 0.3) is 5.69 Å². The van der Waals surface area contributed by atoms with Crippen LogP contribution in [0.5, 0.6) is 0 Å². The van der Waals surface area contributed by atoms with Gasteiger partial charge in [0.2, 0.25) is 0 Å². The van der Waals surface area contributed by atoms with Crippen LogP contribution in [0.4, 0.5) is 5.69 Å². The zero-order valence-electron chi connectivity index (χ0n) is 12.8. The minimum Gasteiger partial charge on any atom is -0.466 e. The van der Waals surface area contributed by atoms with Crippen molar-refractivity contribution in [3.05, 3.63) is 33.6 Å². The van der Waals surface area contributed by atoms with E-state index in [2.05, 4.69) is 10.3 Å². The maximum Gasteiger partial charge on any atom is 0.306 e. The Morgan fingerprint density at radius 2 is 2.43 bits per heavy atom. The van der Waals surface area contributed by atoms with Crippen LogP contribution in [0, 0.1) is 27.4 Å². The molecule has 122 valence electrons. The summed E-state index contributed by atoms with van der Waals surface area (Å²) < 4.78 is 4.96. The number of nitro groups is 1. The maximum absolute atomic E-state index is 11.6. The number of piperidine rings is 1. The Morgan fingerprint density at radius 3 is 3.09 bits per heavy atom. The van der Waals surface area contributed by atoms with E-state index in [1.165, 1.54) is 12.3 Å². The Bertz CT molecular complexity index is 641. The molecule has 8 heteroatoms. The van der Waals surface area contributed by atoms with Crippen LogP contribution in [-0.2, 0) is 9.53 Å². The summed E-state index contributed by atoms with van der Waals surface area (Å²) in [4.78, 5) is 26.4. The average Bonchev–Trinajstić information content (AvgIpc) is 2.54. The van der Waals surface area contributed by atoms with Gasteiger partial charge in [0, 0.05) is 18.7 Å². The van der Waals surface area contributed by atoms with E-state index in [4.69, 9.17) is 10.00 Å². The van der Waals surface area contributed by atoms with Crippen molar-refractivity contribution in [1.29, 1.82) is 5.26 Å². The Labute approximate surface area is 133 Å². The number of hydrogen-bond acceptors (Lipinski definition) is 7. The molecule has 23 heavy (non-hydrogen) atoms. The first-order chi connectivity index (χ1) is 11.0. The summed E-state index contributed by atoms with van der Waals surface area (Å²) in [6, 6.07) is 2.78. The van der Waals surface area contributed by atoms with Crippen LogP contribution in [0.3, 0.4) is 0 Å². The minimum absolute atomic E-state index is 0.0948. The summed E-state index contributed by atoms with van der Waals surface area (Å²) in [7, 11) is 0. The standard InChI is InChI=1S/C15H18N4O4/c1-2-23-14(20)7-10-3-4-17-12(5-10)15-13(19(21)22)6-11(8-16)9-18-15/h6,9-10,12,17H,2-5,7H2,1H3. The van der Waals surface area contributed by atoms with E-state index in [-0.39, 0.29) is 29.2 Å². The zero-order valence-corrected chi connectivity index (χ0v) is 12.8. The number of rotatable bonds is 5. The molecule has 1 aromatic rings. The van der Waals surface area contributed by atoms with Gasteiger partial charge in [-0.1, -0.05) is 0 Å². The van der Waals surface area contributed by atoms with E-state index in [0.29, 0.717) is 31.7 Å². The molecule has 2 heterocycles. The third kappa shape index (κ3) is 4.23. The summed E-state index contributed by atoms with van der Waals surface area (Å²) in [5.74, 6) is -0.155. The molecule has 2 rings (SSSR count). The van der Waals surface area contributed by atoms with Crippen LogP contribution < -0.4 is 5.32 Å². The molecule has 0 aromatic carbocycles. The Kier molecular flexibility index (Phi) is 5.60. The number of nitriles is 1. The number of aromatic nitrogens is 1. The number of nitrogens with zero attached hydrogens (tertiary/aromatic N) is 3. The van der Waals surface area contributed by atoms with E-state index in [1.54, 1.807) is 6.92 Å². The maximum atomic E-state index is 11.6. The van der Waals surface area contributed by atoms with Gasteiger partial charge in [0.15, 0.2) is 0 Å². The lowest BCUT2D eigenvalue weighted by Gasteiger charge is -2.29. The number of carbonyl (C=O) groups excluding carboxylic acids is 1. The molecule has 0 saturated carbocycles. The molecule has 0 amide bonds. The van der Waals surface area contributed by atoms with Gasteiger partial charge in [-0.15, -0.1) is 0 Å². The van der Waals surface area contributed by atoms with Crippen molar-refractivity contribution in [3.63, 3.8) is 0 Å². The van der Waals surface area contributed by atoms with Gasteiger partial charge >= 0.3 is 5.97 Å². The summed E-state index contributed by atoms with van der Waals surface area (Å²) in [6.07, 6.45) is 3.01. The normalized spacial score (nSPS) is 20.5. The molecule has 1 fully saturated rings. The van der Waals surface area contributed by atoms with Crippen LogP contribution in [0.25, 0.3) is 0 Å². The molecule has 0 spiro atoms. The summed E-state index contributed by atoms with van der Waals surface area (Å²) in [5, 5.41) is 23.3. The predicted octanol–water partition coefficient (Wildman–Crippen LogP) is 1.86. The van der Waals surface area contributed by atoms with Crippen LogP contribution in [0.1, 0.15) is 43.5 Å². The van der Waals surface area contributed by atoms with Crippen molar-refractivity contribution in [2.24, 2.45) is 5.92 Å². The Balaban J connectivity index is 2.16. The topological polar surface area (TPSA) is 118 Å². The van der Waals surface area contributed by atoms with Gasteiger partial charge < -0.3 is 10.1 Å². The Hall–Kier alpha value is -2.53. The first kappa shape index (κ1) is 16.8. The second-order valence-corrected chi connectivity index (χ2v) is 5.40. The van der Waals surface area contributed by atoms with Gasteiger partial charge in [-0.25, -0.2) is 0 Å². The lowest BCUT2D eigenvalue weighted by Crippen LogP contribution is -2.33. The lowest BCUT2D eigenvalue weighted by molar-refractivity contribution is -0.386. The summed E-state index contributed by atoms with van der Waals surface area (Å²) in [6.45, 7) is 2.75. The van der Waals surface area contributed by atoms with Gasteiger partial charge in [0.05, 0.1) is 23.1 Å². The van der Waals surface area contributed by atoms with Crippen molar-refractivity contribution >= 4 is 11.7 Å². The fourth-order valence-corrected chi connectivity index (χ4v) is 2.79. The SMILES string of the molecule is CCOC(=O)CC1CCNC(c2ncc(C#N)cc2[N+](=O)[O-])C1. The van der Waals surface area contributed by atoms with E-state index in [0.717, 1.165) is 6.42 Å². The van der Waals surface area contributed by atoms with Crippen molar-refractivity contribution in [3.8, 4) is 6.07 Å². The molecule has 0 aliphatic carbocycles. The highest BCUT2D eigenvalue weighted by atomic mass is 16.6. The summed E-state index contributed by atoms with van der Waals surface area (Å²) >= 11 is 0. The highest BCUT2D eigenvalue weighted by Crippen LogP contribution is 2.33. The number of ether oxygens (including phenoxy) is 1. The fraction of sp³-hybridized carbons (Fsp3) is 0.533. The first-order valence-electron chi connectivity index (χ1n) is 7.48. The monoisotopic (exact) mass is 318 g/mol. The Morgan fingerprint density at radius 1 is 1.65 bits per heavy atom.